The fourth-order valence-corrected chi connectivity index (χ4v) is 3.78. The molecule has 0 spiro atoms. The van der Waals surface area contributed by atoms with Gasteiger partial charge in [-0.15, -0.1) is 11.8 Å². The van der Waals surface area contributed by atoms with Crippen LogP contribution in [0.3, 0.4) is 0 Å². The molecule has 32 heavy (non-hydrogen) atoms. The Hall–Kier alpha value is -3.16. The van der Waals surface area contributed by atoms with E-state index in [1.54, 1.807) is 44.6 Å². The molecule has 0 radical (unpaired) electrons. The van der Waals surface area contributed by atoms with E-state index in [2.05, 4.69) is 10.6 Å². The molecule has 3 aromatic carbocycles. The molecule has 166 valence electrons. The van der Waals surface area contributed by atoms with Gasteiger partial charge in [0.25, 0.3) is 0 Å². The number of hydrogen-bond donors (Lipinski definition) is 2. The minimum Gasteiger partial charge on any atom is -0.497 e. The molecule has 0 aliphatic heterocycles. The number of halogens is 1. The zero-order valence-electron chi connectivity index (χ0n) is 17.7. The summed E-state index contributed by atoms with van der Waals surface area (Å²) in [5.74, 6) is 1.06. The molecule has 0 heterocycles. The SMILES string of the molecule is COc1ccc(OC)c(NC(=O)CSc2cccc(NC(=O)Cc3ccc(Cl)cc3)c2)c1. The van der Waals surface area contributed by atoms with E-state index in [0.717, 1.165) is 10.5 Å². The largest absolute Gasteiger partial charge is 0.497 e. The van der Waals surface area contributed by atoms with Crippen LogP contribution in [0.1, 0.15) is 5.56 Å². The van der Waals surface area contributed by atoms with Gasteiger partial charge in [-0.2, -0.15) is 0 Å². The highest BCUT2D eigenvalue weighted by atomic mass is 35.5. The van der Waals surface area contributed by atoms with Gasteiger partial charge in [-0.1, -0.05) is 29.8 Å². The van der Waals surface area contributed by atoms with Crippen molar-refractivity contribution in [3.63, 3.8) is 0 Å². The number of nitrogens with one attached hydrogen (secondary N) is 2. The van der Waals surface area contributed by atoms with Crippen molar-refractivity contribution in [2.75, 3.05) is 30.6 Å². The molecule has 0 unspecified atom stereocenters. The van der Waals surface area contributed by atoms with Crippen LogP contribution in [-0.2, 0) is 16.0 Å². The molecular formula is C24H23ClN2O4S. The standard InChI is InChI=1S/C24H23ClN2O4S/c1-30-19-10-11-22(31-2)21(14-19)27-24(29)15-32-20-5-3-4-18(13-20)26-23(28)12-16-6-8-17(25)9-7-16/h3-11,13-14H,12,15H2,1-2H3,(H,26,28)(H,27,29). The molecule has 0 aliphatic rings. The van der Waals surface area contributed by atoms with Crippen molar-refractivity contribution in [1.29, 1.82) is 0 Å². The molecule has 0 bridgehead atoms. The highest BCUT2D eigenvalue weighted by Gasteiger charge is 2.10. The van der Waals surface area contributed by atoms with E-state index in [9.17, 15) is 9.59 Å². The molecule has 6 nitrogen and oxygen atoms in total. The van der Waals surface area contributed by atoms with Gasteiger partial charge in [0.2, 0.25) is 11.8 Å². The first-order valence-corrected chi connectivity index (χ1v) is 11.1. The monoisotopic (exact) mass is 470 g/mol. The summed E-state index contributed by atoms with van der Waals surface area (Å²) in [5.41, 5.74) is 2.09. The van der Waals surface area contributed by atoms with E-state index in [4.69, 9.17) is 21.1 Å². The predicted octanol–water partition coefficient (Wildman–Crippen LogP) is 5.27. The van der Waals surface area contributed by atoms with Gasteiger partial charge >= 0.3 is 0 Å². The average Bonchev–Trinajstić information content (AvgIpc) is 2.79. The van der Waals surface area contributed by atoms with Crippen LogP contribution in [0.15, 0.2) is 71.6 Å². The lowest BCUT2D eigenvalue weighted by Crippen LogP contribution is -2.15. The maximum atomic E-state index is 12.4. The lowest BCUT2D eigenvalue weighted by Gasteiger charge is -2.12. The summed E-state index contributed by atoms with van der Waals surface area (Å²) in [6, 6.07) is 19.7. The number of rotatable bonds is 9. The highest BCUT2D eigenvalue weighted by Crippen LogP contribution is 2.29. The summed E-state index contributed by atoms with van der Waals surface area (Å²) in [6.45, 7) is 0. The van der Waals surface area contributed by atoms with Crippen LogP contribution in [0, 0.1) is 0 Å². The minimum atomic E-state index is -0.182. The second-order valence-electron chi connectivity index (χ2n) is 6.78. The first kappa shape index (κ1) is 23.5. The van der Waals surface area contributed by atoms with Crippen LogP contribution < -0.4 is 20.1 Å². The van der Waals surface area contributed by atoms with Crippen LogP contribution in [0.4, 0.5) is 11.4 Å². The molecule has 2 N–H and O–H groups in total. The summed E-state index contributed by atoms with van der Waals surface area (Å²) in [5, 5.41) is 6.36. The Balaban J connectivity index is 1.55. The van der Waals surface area contributed by atoms with Crippen molar-refractivity contribution >= 4 is 46.6 Å². The van der Waals surface area contributed by atoms with Gasteiger partial charge in [0.1, 0.15) is 11.5 Å². The summed E-state index contributed by atoms with van der Waals surface area (Å²) >= 11 is 7.25. The van der Waals surface area contributed by atoms with Crippen molar-refractivity contribution in [1.82, 2.24) is 0 Å². The van der Waals surface area contributed by atoms with E-state index >= 15 is 0 Å². The zero-order chi connectivity index (χ0) is 22.9. The number of ether oxygens (including phenoxy) is 2. The molecule has 0 atom stereocenters. The molecule has 0 fully saturated rings. The number of anilines is 2. The van der Waals surface area contributed by atoms with Gasteiger partial charge < -0.3 is 20.1 Å². The molecule has 0 aromatic heterocycles. The smallest absolute Gasteiger partial charge is 0.234 e. The van der Waals surface area contributed by atoms with Gasteiger partial charge in [0.15, 0.2) is 0 Å². The van der Waals surface area contributed by atoms with Crippen molar-refractivity contribution in [3.8, 4) is 11.5 Å². The Labute approximate surface area is 196 Å². The lowest BCUT2D eigenvalue weighted by molar-refractivity contribution is -0.115. The Kier molecular flexibility index (Phi) is 8.41. The fraction of sp³-hybridized carbons (Fsp3) is 0.167. The Morgan fingerprint density at radius 1 is 0.906 bits per heavy atom. The average molecular weight is 471 g/mol. The number of methoxy groups -OCH3 is 2. The molecule has 2 amide bonds. The van der Waals surface area contributed by atoms with Gasteiger partial charge in [0.05, 0.1) is 32.1 Å². The van der Waals surface area contributed by atoms with E-state index in [0.29, 0.717) is 27.9 Å². The molecular weight excluding hydrogens is 448 g/mol. The van der Waals surface area contributed by atoms with Crippen molar-refractivity contribution in [2.24, 2.45) is 0 Å². The van der Waals surface area contributed by atoms with Crippen molar-refractivity contribution in [3.05, 3.63) is 77.3 Å². The third-order valence-electron chi connectivity index (χ3n) is 4.45. The maximum absolute atomic E-state index is 12.4. The number of amides is 2. The van der Waals surface area contributed by atoms with E-state index in [1.807, 2.05) is 36.4 Å². The van der Waals surface area contributed by atoms with Crippen molar-refractivity contribution < 1.29 is 19.1 Å². The number of carbonyl (C=O) groups excluding carboxylic acids is 2. The highest BCUT2D eigenvalue weighted by molar-refractivity contribution is 8.00. The number of hydrogen-bond acceptors (Lipinski definition) is 5. The Bertz CT molecular complexity index is 1090. The third-order valence-corrected chi connectivity index (χ3v) is 5.69. The topological polar surface area (TPSA) is 76.7 Å². The minimum absolute atomic E-state index is 0.127. The summed E-state index contributed by atoms with van der Waals surface area (Å²) < 4.78 is 10.5. The quantitative estimate of drug-likeness (QED) is 0.417. The second-order valence-corrected chi connectivity index (χ2v) is 8.27. The van der Waals surface area contributed by atoms with E-state index in [-0.39, 0.29) is 24.0 Å². The van der Waals surface area contributed by atoms with Crippen molar-refractivity contribution in [2.45, 2.75) is 11.3 Å². The number of thioether (sulfide) groups is 1. The van der Waals surface area contributed by atoms with E-state index in [1.165, 1.54) is 11.8 Å². The molecule has 3 aromatic rings. The zero-order valence-corrected chi connectivity index (χ0v) is 19.3. The second kappa shape index (κ2) is 11.5. The van der Waals surface area contributed by atoms with Gasteiger partial charge in [0, 0.05) is 21.7 Å². The van der Waals surface area contributed by atoms with Crippen LogP contribution in [0.2, 0.25) is 5.02 Å². The molecule has 0 saturated carbocycles. The lowest BCUT2D eigenvalue weighted by atomic mass is 10.1. The Morgan fingerprint density at radius 3 is 2.41 bits per heavy atom. The van der Waals surface area contributed by atoms with Crippen LogP contribution in [0.5, 0.6) is 11.5 Å². The van der Waals surface area contributed by atoms with Crippen LogP contribution >= 0.6 is 23.4 Å². The van der Waals surface area contributed by atoms with Gasteiger partial charge in [-0.3, -0.25) is 9.59 Å². The molecule has 0 aliphatic carbocycles. The van der Waals surface area contributed by atoms with Crippen LogP contribution in [0.25, 0.3) is 0 Å². The summed E-state index contributed by atoms with van der Waals surface area (Å²) in [7, 11) is 3.10. The number of carbonyl (C=O) groups is 2. The normalized spacial score (nSPS) is 10.3. The summed E-state index contributed by atoms with van der Waals surface area (Å²) in [6.07, 6.45) is 0.249. The fourth-order valence-electron chi connectivity index (χ4n) is 2.90. The molecule has 3 rings (SSSR count). The predicted molar refractivity (Wildman–Crippen MR) is 129 cm³/mol. The first-order valence-electron chi connectivity index (χ1n) is 9.76. The molecule has 0 saturated heterocycles. The van der Waals surface area contributed by atoms with E-state index < -0.39 is 0 Å². The number of benzene rings is 3. The van der Waals surface area contributed by atoms with Gasteiger partial charge in [-0.25, -0.2) is 0 Å². The first-order chi connectivity index (χ1) is 15.5. The Morgan fingerprint density at radius 2 is 1.69 bits per heavy atom. The third kappa shape index (κ3) is 6.93. The summed E-state index contributed by atoms with van der Waals surface area (Å²) in [4.78, 5) is 25.6. The van der Waals surface area contributed by atoms with Crippen LogP contribution in [-0.4, -0.2) is 31.8 Å². The molecule has 8 heteroatoms. The van der Waals surface area contributed by atoms with Gasteiger partial charge in [-0.05, 0) is 48.0 Å². The maximum Gasteiger partial charge on any atom is 0.234 e.